The van der Waals surface area contributed by atoms with Crippen LogP contribution in [0.4, 0.5) is 0 Å². The van der Waals surface area contributed by atoms with E-state index in [2.05, 4.69) is 15.4 Å². The van der Waals surface area contributed by atoms with Crippen molar-refractivity contribution in [1.82, 2.24) is 10.6 Å². The molecular formula is C13H24N2O4. The fraction of sp³-hybridized carbons (Fsp3) is 0.769. The Labute approximate surface area is 114 Å². The van der Waals surface area contributed by atoms with E-state index in [4.69, 9.17) is 0 Å². The van der Waals surface area contributed by atoms with Crippen LogP contribution < -0.4 is 10.6 Å². The zero-order valence-electron chi connectivity index (χ0n) is 12.1. The predicted octanol–water partition coefficient (Wildman–Crippen LogP) is 0.607. The number of methoxy groups -OCH3 is 1. The lowest BCUT2D eigenvalue weighted by Gasteiger charge is -2.17. The first-order valence-electron chi connectivity index (χ1n) is 6.58. The maximum Gasteiger partial charge on any atom is 0.328 e. The molecule has 0 aromatic heterocycles. The normalized spacial score (nSPS) is 11.8. The summed E-state index contributed by atoms with van der Waals surface area (Å²) in [5.74, 6) is -1.85. The summed E-state index contributed by atoms with van der Waals surface area (Å²) >= 11 is 0. The average molecular weight is 272 g/mol. The summed E-state index contributed by atoms with van der Waals surface area (Å²) in [6, 6.07) is -0.783. The van der Waals surface area contributed by atoms with Crippen LogP contribution in [-0.2, 0) is 19.1 Å². The summed E-state index contributed by atoms with van der Waals surface area (Å²) in [5.41, 5.74) is 0. The third-order valence-electron chi connectivity index (χ3n) is 2.52. The van der Waals surface area contributed by atoms with E-state index in [-0.39, 0.29) is 5.92 Å². The summed E-state index contributed by atoms with van der Waals surface area (Å²) in [7, 11) is 1.25. The van der Waals surface area contributed by atoms with E-state index < -0.39 is 23.8 Å². The highest BCUT2D eigenvalue weighted by Gasteiger charge is 2.25. The fourth-order valence-corrected chi connectivity index (χ4v) is 1.51. The Morgan fingerprint density at radius 2 is 1.79 bits per heavy atom. The van der Waals surface area contributed by atoms with Gasteiger partial charge in [0.1, 0.15) is 6.04 Å². The third-order valence-corrected chi connectivity index (χ3v) is 2.52. The highest BCUT2D eigenvalue weighted by Crippen LogP contribution is 2.06. The van der Waals surface area contributed by atoms with Gasteiger partial charge in [-0.3, -0.25) is 9.59 Å². The Morgan fingerprint density at radius 1 is 1.16 bits per heavy atom. The van der Waals surface area contributed by atoms with Gasteiger partial charge in [0, 0.05) is 6.54 Å². The maximum atomic E-state index is 11.6. The first-order valence-corrected chi connectivity index (χ1v) is 6.58. The number of ether oxygens (including phenoxy) is 1. The van der Waals surface area contributed by atoms with Gasteiger partial charge < -0.3 is 15.4 Å². The van der Waals surface area contributed by atoms with Crippen molar-refractivity contribution in [1.29, 1.82) is 0 Å². The van der Waals surface area contributed by atoms with E-state index in [1.54, 1.807) is 0 Å². The summed E-state index contributed by atoms with van der Waals surface area (Å²) < 4.78 is 4.61. The van der Waals surface area contributed by atoms with Crippen LogP contribution in [0.1, 0.15) is 40.0 Å². The second-order valence-electron chi connectivity index (χ2n) is 4.79. The van der Waals surface area contributed by atoms with Crippen LogP contribution in [0.25, 0.3) is 0 Å². The van der Waals surface area contributed by atoms with Gasteiger partial charge in [-0.2, -0.15) is 0 Å². The molecular weight excluding hydrogens is 248 g/mol. The Bertz CT molecular complexity index is 316. The van der Waals surface area contributed by atoms with Gasteiger partial charge in [0.05, 0.1) is 7.11 Å². The fourth-order valence-electron chi connectivity index (χ4n) is 1.51. The summed E-state index contributed by atoms with van der Waals surface area (Å²) in [5, 5.41) is 4.90. The molecule has 6 nitrogen and oxygen atoms in total. The number of amides is 2. The highest BCUT2D eigenvalue weighted by atomic mass is 16.5. The Hall–Kier alpha value is -1.59. The molecule has 0 rings (SSSR count). The lowest BCUT2D eigenvalue weighted by molar-refractivity contribution is -0.147. The van der Waals surface area contributed by atoms with Crippen LogP contribution in [0.3, 0.4) is 0 Å². The summed E-state index contributed by atoms with van der Waals surface area (Å²) in [6.07, 6.45) is 2.17. The molecule has 6 heteroatoms. The summed E-state index contributed by atoms with van der Waals surface area (Å²) in [6.45, 7) is 6.28. The molecule has 0 aromatic carbocycles. The number of hydrogen-bond donors (Lipinski definition) is 2. The zero-order valence-corrected chi connectivity index (χ0v) is 12.1. The number of nitrogens with one attached hydrogen (secondary N) is 2. The first-order chi connectivity index (χ1) is 8.92. The van der Waals surface area contributed by atoms with Crippen molar-refractivity contribution < 1.29 is 19.1 Å². The number of carbonyl (C=O) groups is 3. The van der Waals surface area contributed by atoms with Gasteiger partial charge in [0.2, 0.25) is 0 Å². The second-order valence-corrected chi connectivity index (χ2v) is 4.79. The van der Waals surface area contributed by atoms with Crippen molar-refractivity contribution in [2.45, 2.75) is 46.1 Å². The molecule has 0 radical (unpaired) electrons. The molecule has 0 fully saturated rings. The lowest BCUT2D eigenvalue weighted by Crippen LogP contribution is -2.48. The number of unbranched alkanes of at least 4 members (excludes halogenated alkanes) is 1. The minimum Gasteiger partial charge on any atom is -0.467 e. The molecule has 0 saturated carbocycles. The molecule has 0 aliphatic rings. The van der Waals surface area contributed by atoms with Crippen molar-refractivity contribution in [3.05, 3.63) is 0 Å². The van der Waals surface area contributed by atoms with Crippen molar-refractivity contribution in [2.24, 2.45) is 5.92 Å². The average Bonchev–Trinajstić information content (AvgIpc) is 2.36. The van der Waals surface area contributed by atoms with Gasteiger partial charge in [0.25, 0.3) is 0 Å². The predicted molar refractivity (Wildman–Crippen MR) is 71.3 cm³/mol. The quantitative estimate of drug-likeness (QED) is 0.404. The standard InChI is InChI=1S/C13H24N2O4/c1-5-6-7-14-11(16)12(17)15-10(8-9(2)3)13(18)19-4/h9-10H,5-8H2,1-4H3,(H,14,16)(H,15,17)/t10-/m1/s1. The molecule has 0 bridgehead atoms. The molecule has 2 N–H and O–H groups in total. The monoisotopic (exact) mass is 272 g/mol. The molecule has 0 unspecified atom stereocenters. The van der Waals surface area contributed by atoms with Gasteiger partial charge in [-0.05, 0) is 18.8 Å². The van der Waals surface area contributed by atoms with Gasteiger partial charge in [-0.1, -0.05) is 27.2 Å². The van der Waals surface area contributed by atoms with E-state index in [1.807, 2.05) is 20.8 Å². The maximum absolute atomic E-state index is 11.6. The van der Waals surface area contributed by atoms with Crippen LogP contribution in [0, 0.1) is 5.92 Å². The van der Waals surface area contributed by atoms with E-state index >= 15 is 0 Å². The van der Waals surface area contributed by atoms with E-state index in [0.717, 1.165) is 12.8 Å². The SMILES string of the molecule is CCCCNC(=O)C(=O)N[C@H](CC(C)C)C(=O)OC. The zero-order chi connectivity index (χ0) is 14.8. The van der Waals surface area contributed by atoms with Crippen LogP contribution in [-0.4, -0.2) is 37.5 Å². The van der Waals surface area contributed by atoms with Crippen molar-refractivity contribution in [3.8, 4) is 0 Å². The van der Waals surface area contributed by atoms with Gasteiger partial charge in [-0.15, -0.1) is 0 Å². The molecule has 0 saturated heterocycles. The van der Waals surface area contributed by atoms with Gasteiger partial charge in [0.15, 0.2) is 0 Å². The van der Waals surface area contributed by atoms with Gasteiger partial charge in [-0.25, -0.2) is 4.79 Å². The molecule has 0 aliphatic carbocycles. The number of rotatable bonds is 7. The molecule has 1 atom stereocenters. The topological polar surface area (TPSA) is 84.5 Å². The highest BCUT2D eigenvalue weighted by molar-refractivity contribution is 6.35. The Balaban J connectivity index is 4.36. The largest absolute Gasteiger partial charge is 0.467 e. The van der Waals surface area contributed by atoms with E-state index in [1.165, 1.54) is 7.11 Å². The van der Waals surface area contributed by atoms with Crippen LogP contribution in [0.5, 0.6) is 0 Å². The lowest BCUT2D eigenvalue weighted by atomic mass is 10.0. The van der Waals surface area contributed by atoms with E-state index in [0.29, 0.717) is 13.0 Å². The molecule has 0 spiro atoms. The van der Waals surface area contributed by atoms with Crippen molar-refractivity contribution in [2.75, 3.05) is 13.7 Å². The van der Waals surface area contributed by atoms with Crippen LogP contribution in [0.15, 0.2) is 0 Å². The number of carbonyl (C=O) groups excluding carboxylic acids is 3. The smallest absolute Gasteiger partial charge is 0.328 e. The Kier molecular flexibility index (Phi) is 8.57. The Morgan fingerprint density at radius 3 is 2.26 bits per heavy atom. The first kappa shape index (κ1) is 17.4. The van der Waals surface area contributed by atoms with Crippen molar-refractivity contribution >= 4 is 17.8 Å². The van der Waals surface area contributed by atoms with Crippen LogP contribution >= 0.6 is 0 Å². The molecule has 110 valence electrons. The minimum absolute atomic E-state index is 0.201. The molecule has 0 aliphatic heterocycles. The molecule has 0 heterocycles. The summed E-state index contributed by atoms with van der Waals surface area (Å²) in [4.78, 5) is 34.6. The van der Waals surface area contributed by atoms with E-state index in [9.17, 15) is 14.4 Å². The van der Waals surface area contributed by atoms with Crippen molar-refractivity contribution in [3.63, 3.8) is 0 Å². The third kappa shape index (κ3) is 7.43. The molecule has 0 aromatic rings. The number of esters is 1. The van der Waals surface area contributed by atoms with Crippen LogP contribution in [0.2, 0.25) is 0 Å². The minimum atomic E-state index is -0.799. The molecule has 19 heavy (non-hydrogen) atoms. The van der Waals surface area contributed by atoms with Gasteiger partial charge >= 0.3 is 17.8 Å². The molecule has 2 amide bonds. The number of hydrogen-bond acceptors (Lipinski definition) is 4. The second kappa shape index (κ2) is 9.35.